The molecule has 2 aromatic carbocycles. The first kappa shape index (κ1) is 20.7. The quantitative estimate of drug-likeness (QED) is 0.787. The van der Waals surface area contributed by atoms with Gasteiger partial charge in [-0.25, -0.2) is 8.42 Å². The number of carbonyl (C=O) groups excluding carboxylic acids is 1. The number of benzene rings is 2. The van der Waals surface area contributed by atoms with Gasteiger partial charge in [0.15, 0.2) is 6.10 Å². The number of amides is 1. The Balaban J connectivity index is 1.55. The van der Waals surface area contributed by atoms with Crippen LogP contribution in [0, 0.1) is 0 Å². The largest absolute Gasteiger partial charge is 0.495 e. The Hall–Kier alpha value is -2.58. The molecule has 0 radical (unpaired) electrons. The summed E-state index contributed by atoms with van der Waals surface area (Å²) in [5.74, 6) is 0.754. The molecule has 0 aliphatic carbocycles. The van der Waals surface area contributed by atoms with Crippen LogP contribution in [0.25, 0.3) is 0 Å². The van der Waals surface area contributed by atoms with Crippen molar-refractivity contribution in [3.05, 3.63) is 48.0 Å². The van der Waals surface area contributed by atoms with Crippen molar-refractivity contribution in [2.45, 2.75) is 43.1 Å². The minimum absolute atomic E-state index is 0.149. The van der Waals surface area contributed by atoms with Crippen LogP contribution in [0.4, 0.5) is 5.69 Å². The maximum atomic E-state index is 13.1. The van der Waals surface area contributed by atoms with Gasteiger partial charge in [-0.3, -0.25) is 4.79 Å². The van der Waals surface area contributed by atoms with Gasteiger partial charge in [-0.1, -0.05) is 31.0 Å². The molecule has 1 amide bonds. The van der Waals surface area contributed by atoms with Gasteiger partial charge in [-0.15, -0.1) is 0 Å². The number of fused-ring (bicyclic) bond motifs is 1. The molecule has 2 aromatic rings. The highest BCUT2D eigenvalue weighted by molar-refractivity contribution is 7.89. The molecule has 2 aliphatic heterocycles. The summed E-state index contributed by atoms with van der Waals surface area (Å²) in [7, 11) is -2.15. The molecule has 1 atom stereocenters. The molecule has 7 nitrogen and oxygen atoms in total. The van der Waals surface area contributed by atoms with Gasteiger partial charge in [0.2, 0.25) is 10.0 Å². The van der Waals surface area contributed by atoms with Crippen LogP contribution in [0.15, 0.2) is 47.4 Å². The fourth-order valence-electron chi connectivity index (χ4n) is 3.92. The van der Waals surface area contributed by atoms with Gasteiger partial charge in [0.25, 0.3) is 5.91 Å². The average Bonchev–Trinajstić information content (AvgIpc) is 2.99. The first-order valence-electron chi connectivity index (χ1n) is 10.2. The van der Waals surface area contributed by atoms with E-state index >= 15 is 0 Å². The number of anilines is 1. The number of methoxy groups -OCH3 is 1. The number of carbonyl (C=O) groups is 1. The summed E-state index contributed by atoms with van der Waals surface area (Å²) in [5.41, 5.74) is 1.29. The number of ether oxygens (including phenoxy) is 2. The van der Waals surface area contributed by atoms with E-state index in [0.717, 1.165) is 31.2 Å². The number of para-hydroxylation sites is 1. The van der Waals surface area contributed by atoms with Gasteiger partial charge in [0.1, 0.15) is 11.5 Å². The zero-order valence-electron chi connectivity index (χ0n) is 17.0. The van der Waals surface area contributed by atoms with E-state index in [1.807, 2.05) is 24.3 Å². The molecule has 160 valence electrons. The van der Waals surface area contributed by atoms with Gasteiger partial charge >= 0.3 is 0 Å². The third kappa shape index (κ3) is 4.15. The van der Waals surface area contributed by atoms with E-state index in [2.05, 4.69) is 5.32 Å². The predicted molar refractivity (Wildman–Crippen MR) is 113 cm³/mol. The maximum Gasteiger partial charge on any atom is 0.265 e. The molecule has 2 aliphatic rings. The van der Waals surface area contributed by atoms with Crippen molar-refractivity contribution in [3.63, 3.8) is 0 Å². The van der Waals surface area contributed by atoms with Gasteiger partial charge in [-0.2, -0.15) is 4.31 Å². The van der Waals surface area contributed by atoms with Crippen LogP contribution in [0.3, 0.4) is 0 Å². The lowest BCUT2D eigenvalue weighted by Gasteiger charge is -2.21. The second-order valence-electron chi connectivity index (χ2n) is 7.59. The van der Waals surface area contributed by atoms with Crippen LogP contribution in [0.5, 0.6) is 11.5 Å². The van der Waals surface area contributed by atoms with Crippen LogP contribution in [-0.2, 0) is 21.2 Å². The van der Waals surface area contributed by atoms with Crippen LogP contribution >= 0.6 is 0 Å². The second kappa shape index (κ2) is 8.65. The van der Waals surface area contributed by atoms with E-state index in [1.54, 1.807) is 6.07 Å². The van der Waals surface area contributed by atoms with Crippen molar-refractivity contribution >= 4 is 21.6 Å². The molecule has 1 unspecified atom stereocenters. The number of nitrogens with one attached hydrogen (secondary N) is 1. The SMILES string of the molecule is COc1ccc(S(=O)(=O)N2CCCCCC2)cc1NC(=O)C1Cc2ccccc2O1. The van der Waals surface area contributed by atoms with Crippen LogP contribution in [0.1, 0.15) is 31.2 Å². The Bertz CT molecular complexity index is 1000. The Kier molecular flexibility index (Phi) is 5.97. The summed E-state index contributed by atoms with van der Waals surface area (Å²) >= 11 is 0. The van der Waals surface area contributed by atoms with E-state index in [0.29, 0.717) is 36.7 Å². The number of rotatable bonds is 5. The Morgan fingerprint density at radius 1 is 1.10 bits per heavy atom. The smallest absolute Gasteiger partial charge is 0.265 e. The van der Waals surface area contributed by atoms with Crippen molar-refractivity contribution in [3.8, 4) is 11.5 Å². The molecule has 0 spiro atoms. The van der Waals surface area contributed by atoms with Crippen LogP contribution in [0.2, 0.25) is 0 Å². The summed E-state index contributed by atoms with van der Waals surface area (Å²) < 4.78 is 38.9. The molecule has 8 heteroatoms. The van der Waals surface area contributed by atoms with Crippen molar-refractivity contribution in [1.82, 2.24) is 4.31 Å². The van der Waals surface area contributed by atoms with Gasteiger partial charge in [0, 0.05) is 19.5 Å². The minimum Gasteiger partial charge on any atom is -0.495 e. The lowest BCUT2D eigenvalue weighted by Crippen LogP contribution is -2.33. The van der Waals surface area contributed by atoms with Gasteiger partial charge in [0.05, 0.1) is 17.7 Å². The highest BCUT2D eigenvalue weighted by Crippen LogP contribution is 2.32. The summed E-state index contributed by atoms with van der Waals surface area (Å²) in [5, 5.41) is 2.79. The van der Waals surface area contributed by atoms with Crippen LogP contribution in [-0.4, -0.2) is 44.9 Å². The normalized spacial score (nSPS) is 19.4. The number of hydrogen-bond acceptors (Lipinski definition) is 5. The molecule has 0 aromatic heterocycles. The zero-order chi connectivity index (χ0) is 21.1. The Morgan fingerprint density at radius 2 is 1.83 bits per heavy atom. The summed E-state index contributed by atoms with van der Waals surface area (Å²) in [6.07, 6.45) is 3.60. The minimum atomic E-state index is -3.64. The molecule has 1 N–H and O–H groups in total. The van der Waals surface area contributed by atoms with Crippen molar-refractivity contribution in [2.75, 3.05) is 25.5 Å². The highest BCUT2D eigenvalue weighted by atomic mass is 32.2. The fraction of sp³-hybridized carbons (Fsp3) is 0.409. The number of sulfonamides is 1. The van der Waals surface area contributed by atoms with E-state index in [1.165, 1.54) is 23.5 Å². The Labute approximate surface area is 177 Å². The first-order chi connectivity index (χ1) is 14.5. The zero-order valence-corrected chi connectivity index (χ0v) is 17.8. The number of nitrogens with zero attached hydrogens (tertiary/aromatic N) is 1. The summed E-state index contributed by atoms with van der Waals surface area (Å²) in [4.78, 5) is 13.0. The molecule has 4 rings (SSSR count). The molecule has 1 fully saturated rings. The standard InChI is InChI=1S/C22H26N2O5S/c1-28-20-11-10-17(30(26,27)24-12-6-2-3-7-13-24)15-18(20)23-22(25)21-14-16-8-4-5-9-19(16)29-21/h4-5,8-11,15,21H,2-3,6-7,12-14H2,1H3,(H,23,25). The Morgan fingerprint density at radius 3 is 2.53 bits per heavy atom. The monoisotopic (exact) mass is 430 g/mol. The molecule has 0 bridgehead atoms. The molecular weight excluding hydrogens is 404 g/mol. The van der Waals surface area contributed by atoms with Crippen molar-refractivity contribution in [2.24, 2.45) is 0 Å². The van der Waals surface area contributed by atoms with Crippen molar-refractivity contribution in [1.29, 1.82) is 0 Å². The maximum absolute atomic E-state index is 13.1. The van der Waals surface area contributed by atoms with Gasteiger partial charge < -0.3 is 14.8 Å². The topological polar surface area (TPSA) is 84.9 Å². The van der Waals surface area contributed by atoms with Crippen LogP contribution < -0.4 is 14.8 Å². The first-order valence-corrected chi connectivity index (χ1v) is 11.7. The lowest BCUT2D eigenvalue weighted by molar-refractivity contribution is -0.122. The predicted octanol–water partition coefficient (Wildman–Crippen LogP) is 3.20. The third-order valence-electron chi connectivity index (χ3n) is 5.57. The molecule has 30 heavy (non-hydrogen) atoms. The average molecular weight is 431 g/mol. The van der Waals surface area contributed by atoms with E-state index < -0.39 is 16.1 Å². The van der Waals surface area contributed by atoms with Crippen molar-refractivity contribution < 1.29 is 22.7 Å². The second-order valence-corrected chi connectivity index (χ2v) is 9.53. The third-order valence-corrected chi connectivity index (χ3v) is 7.47. The van der Waals surface area contributed by atoms with Gasteiger partial charge in [-0.05, 0) is 42.7 Å². The lowest BCUT2D eigenvalue weighted by atomic mass is 10.1. The highest BCUT2D eigenvalue weighted by Gasteiger charge is 2.30. The molecule has 2 heterocycles. The fourth-order valence-corrected chi connectivity index (χ4v) is 5.46. The summed E-state index contributed by atoms with van der Waals surface area (Å²) in [6, 6.07) is 12.1. The molecule has 1 saturated heterocycles. The van der Waals surface area contributed by atoms with E-state index in [9.17, 15) is 13.2 Å². The summed E-state index contributed by atoms with van der Waals surface area (Å²) in [6.45, 7) is 1.04. The van der Waals surface area contributed by atoms with E-state index in [-0.39, 0.29) is 10.8 Å². The molecular formula is C22H26N2O5S. The van der Waals surface area contributed by atoms with E-state index in [4.69, 9.17) is 9.47 Å². The molecule has 0 saturated carbocycles. The number of hydrogen-bond donors (Lipinski definition) is 1.